The summed E-state index contributed by atoms with van der Waals surface area (Å²) in [4.78, 5) is 8.98. The Hall–Kier alpha value is 0.210. The molecule has 9 heteroatoms. The lowest BCUT2D eigenvalue weighted by Crippen LogP contribution is -2.19. The van der Waals surface area contributed by atoms with Crippen molar-refractivity contribution >= 4 is 91.6 Å². The van der Waals surface area contributed by atoms with Gasteiger partial charge in [-0.15, -0.1) is 0 Å². The molecular formula is C16H12Br4Cl2O3. The zero-order valence-electron chi connectivity index (χ0n) is 12.9. The van der Waals surface area contributed by atoms with E-state index in [-0.39, 0.29) is 16.9 Å². The number of benzene rings is 2. The molecule has 0 aliphatic heterocycles. The van der Waals surface area contributed by atoms with E-state index in [0.717, 1.165) is 11.1 Å². The molecule has 0 aliphatic rings. The van der Waals surface area contributed by atoms with Crippen LogP contribution >= 0.6 is 86.9 Å². The molecule has 2 N–H and O–H groups in total. The predicted molar refractivity (Wildman–Crippen MR) is 116 cm³/mol. The van der Waals surface area contributed by atoms with Crippen molar-refractivity contribution in [3.8, 4) is 11.5 Å². The number of hydrogen-bond acceptors (Lipinski definition) is 3. The Morgan fingerprint density at radius 2 is 1.00 bits per heavy atom. The fourth-order valence-electron chi connectivity index (χ4n) is 2.02. The van der Waals surface area contributed by atoms with E-state index in [1.54, 1.807) is 0 Å². The van der Waals surface area contributed by atoms with E-state index < -0.39 is 4.70 Å². The van der Waals surface area contributed by atoms with Crippen LogP contribution in [0.15, 0.2) is 42.2 Å². The lowest BCUT2D eigenvalue weighted by molar-refractivity contribution is 0.275. The zero-order chi connectivity index (χ0) is 19.5. The molecule has 0 bridgehead atoms. The molecule has 0 aliphatic carbocycles. The second kappa shape index (κ2) is 9.42. The summed E-state index contributed by atoms with van der Waals surface area (Å²) >= 11 is 22.3. The van der Waals surface area contributed by atoms with Gasteiger partial charge in [0, 0.05) is 5.41 Å². The van der Waals surface area contributed by atoms with Gasteiger partial charge in [-0.25, -0.2) is 0 Å². The Kier molecular flexibility index (Phi) is 8.76. The van der Waals surface area contributed by atoms with E-state index in [4.69, 9.17) is 4.79 Å². The number of phenols is 2. The molecule has 2 aromatic carbocycles. The van der Waals surface area contributed by atoms with Gasteiger partial charge in [0.2, 0.25) is 0 Å². The first-order chi connectivity index (χ1) is 11.4. The van der Waals surface area contributed by atoms with Gasteiger partial charge < -0.3 is 10.2 Å². The van der Waals surface area contributed by atoms with E-state index in [0.29, 0.717) is 17.9 Å². The van der Waals surface area contributed by atoms with Crippen LogP contribution in [0, 0.1) is 0 Å². The molecule has 0 aromatic heterocycles. The topological polar surface area (TPSA) is 57.5 Å². The van der Waals surface area contributed by atoms with E-state index in [2.05, 4.69) is 101 Å². The van der Waals surface area contributed by atoms with Gasteiger partial charge in [0.25, 0.3) is 0 Å². The summed E-state index contributed by atoms with van der Waals surface area (Å²) in [7, 11) is 0. The lowest BCUT2D eigenvalue weighted by atomic mass is 9.78. The molecule has 25 heavy (non-hydrogen) atoms. The summed E-state index contributed by atoms with van der Waals surface area (Å²) in [5.41, 5.74) is 1.75. The van der Waals surface area contributed by atoms with Gasteiger partial charge in [-0.1, -0.05) is 13.8 Å². The highest BCUT2D eigenvalue weighted by atomic mass is 79.9. The maximum atomic E-state index is 9.85. The first kappa shape index (κ1) is 23.2. The number of carbonyl (C=O) groups is 1. The van der Waals surface area contributed by atoms with Crippen molar-refractivity contribution in [1.82, 2.24) is 0 Å². The van der Waals surface area contributed by atoms with Crippen molar-refractivity contribution in [2.45, 2.75) is 19.3 Å². The SMILES string of the molecule is CC(C)(c1cc(Br)c(O)c(Br)c1)c1cc(Br)c(O)c(Br)c1.O=C(Cl)Cl. The lowest BCUT2D eigenvalue weighted by Gasteiger charge is -2.27. The number of aromatic hydroxyl groups is 2. The van der Waals surface area contributed by atoms with Gasteiger partial charge in [0.15, 0.2) is 0 Å². The smallest absolute Gasteiger partial charge is 0.313 e. The van der Waals surface area contributed by atoms with Crippen LogP contribution in [0.5, 0.6) is 11.5 Å². The van der Waals surface area contributed by atoms with Crippen molar-refractivity contribution in [2.75, 3.05) is 0 Å². The van der Waals surface area contributed by atoms with Crippen LogP contribution < -0.4 is 0 Å². The Morgan fingerprint density at radius 3 is 1.20 bits per heavy atom. The quantitative estimate of drug-likeness (QED) is 0.326. The Morgan fingerprint density at radius 1 is 0.800 bits per heavy atom. The average molecular weight is 643 g/mol. The Balaban J connectivity index is 0.000000705. The highest BCUT2D eigenvalue weighted by Gasteiger charge is 2.26. The van der Waals surface area contributed by atoms with Crippen LogP contribution in [0.25, 0.3) is 0 Å². The monoisotopic (exact) mass is 638 g/mol. The van der Waals surface area contributed by atoms with Crippen molar-refractivity contribution in [2.24, 2.45) is 0 Å². The number of carbonyl (C=O) groups excluding carboxylic acids is 1. The minimum atomic E-state index is -0.889. The van der Waals surface area contributed by atoms with Gasteiger partial charge in [-0.2, -0.15) is 0 Å². The van der Waals surface area contributed by atoms with Gasteiger partial charge in [-0.05, 0) is 122 Å². The standard InChI is InChI=1S/C15H12Br4O2.CCl2O/c1-15(2,7-3-9(16)13(20)10(17)4-7)8-5-11(18)14(21)12(19)6-8;2-1(3)4/h3-6,20-21H,1-2H3;. The summed E-state index contributed by atoms with van der Waals surface area (Å²) in [6, 6.07) is 7.59. The minimum absolute atomic E-state index is 0.183. The average Bonchev–Trinajstić information content (AvgIpc) is 2.48. The van der Waals surface area contributed by atoms with Crippen LogP contribution in [0.2, 0.25) is 0 Å². The summed E-state index contributed by atoms with van der Waals surface area (Å²) in [5, 5.41) is 19.7. The van der Waals surface area contributed by atoms with Crippen LogP contribution in [-0.4, -0.2) is 14.9 Å². The molecule has 0 fully saturated rings. The number of hydrogen-bond donors (Lipinski definition) is 2. The molecule has 0 atom stereocenters. The van der Waals surface area contributed by atoms with E-state index in [1.807, 2.05) is 24.3 Å². The first-order valence-corrected chi connectivity index (χ1v) is 10.5. The molecule has 0 saturated carbocycles. The van der Waals surface area contributed by atoms with Gasteiger partial charge in [-0.3, -0.25) is 4.79 Å². The fourth-order valence-corrected chi connectivity index (χ4v) is 4.39. The van der Waals surface area contributed by atoms with Crippen molar-refractivity contribution in [3.05, 3.63) is 53.3 Å². The molecule has 2 aromatic rings. The van der Waals surface area contributed by atoms with Crippen LogP contribution in [0.3, 0.4) is 0 Å². The first-order valence-electron chi connectivity index (χ1n) is 6.59. The second-order valence-corrected chi connectivity index (χ2v) is 9.73. The molecule has 3 nitrogen and oxygen atoms in total. The van der Waals surface area contributed by atoms with Crippen molar-refractivity contribution in [1.29, 1.82) is 0 Å². The molecular weight excluding hydrogens is 631 g/mol. The zero-order valence-corrected chi connectivity index (χ0v) is 20.7. The third-order valence-electron chi connectivity index (χ3n) is 3.48. The molecule has 0 spiro atoms. The van der Waals surface area contributed by atoms with E-state index in [1.165, 1.54) is 0 Å². The normalized spacial score (nSPS) is 10.9. The highest BCUT2D eigenvalue weighted by Crippen LogP contribution is 2.43. The van der Waals surface area contributed by atoms with Crippen LogP contribution in [-0.2, 0) is 5.41 Å². The molecule has 0 radical (unpaired) electrons. The summed E-state index contributed by atoms with van der Waals surface area (Å²) in [6.45, 7) is 4.17. The number of rotatable bonds is 2. The Labute approximate surface area is 189 Å². The minimum Gasteiger partial charge on any atom is -0.506 e. The van der Waals surface area contributed by atoms with Gasteiger partial charge >= 0.3 is 4.70 Å². The molecule has 0 heterocycles. The third-order valence-corrected chi connectivity index (χ3v) is 5.90. The number of phenolic OH excluding ortho intramolecular Hbond substituents is 2. The van der Waals surface area contributed by atoms with Gasteiger partial charge in [0.05, 0.1) is 17.9 Å². The molecule has 0 saturated heterocycles. The summed E-state index contributed by atoms with van der Waals surface area (Å²) < 4.78 is 1.66. The Bertz CT molecular complexity index is 700. The molecule has 136 valence electrons. The van der Waals surface area contributed by atoms with E-state index in [9.17, 15) is 10.2 Å². The van der Waals surface area contributed by atoms with Gasteiger partial charge in [0.1, 0.15) is 11.5 Å². The van der Waals surface area contributed by atoms with Crippen molar-refractivity contribution in [3.63, 3.8) is 0 Å². The van der Waals surface area contributed by atoms with Crippen LogP contribution in [0.1, 0.15) is 25.0 Å². The maximum Gasteiger partial charge on any atom is 0.313 e. The third kappa shape index (κ3) is 6.11. The van der Waals surface area contributed by atoms with E-state index >= 15 is 0 Å². The molecule has 0 unspecified atom stereocenters. The molecule has 0 amide bonds. The largest absolute Gasteiger partial charge is 0.506 e. The molecule has 2 rings (SSSR count). The summed E-state index contributed by atoms with van der Waals surface area (Å²) in [5.74, 6) is 0.366. The second-order valence-electron chi connectivity index (χ2n) is 5.43. The predicted octanol–water partition coefficient (Wildman–Crippen LogP) is 8.06. The van der Waals surface area contributed by atoms with Crippen LogP contribution in [0.4, 0.5) is 4.79 Å². The van der Waals surface area contributed by atoms with Crippen molar-refractivity contribution < 1.29 is 15.0 Å². The number of halogens is 6. The highest BCUT2D eigenvalue weighted by molar-refractivity contribution is 9.11. The fraction of sp³-hybridized carbons (Fsp3) is 0.188. The maximum absolute atomic E-state index is 9.85. The summed E-state index contributed by atoms with van der Waals surface area (Å²) in [6.07, 6.45) is 0.